The van der Waals surface area contributed by atoms with E-state index in [2.05, 4.69) is 4.74 Å². The van der Waals surface area contributed by atoms with Crippen LogP contribution in [0.1, 0.15) is 19.8 Å². The molecule has 7 heteroatoms. The number of carbonyl (C=O) groups is 3. The Morgan fingerprint density at radius 2 is 2.00 bits per heavy atom. The maximum absolute atomic E-state index is 12.1. The lowest BCUT2D eigenvalue weighted by Crippen LogP contribution is -2.56. The summed E-state index contributed by atoms with van der Waals surface area (Å²) >= 11 is 0. The number of ether oxygens (including phenoxy) is 1. The number of rotatable bonds is 6. The molecule has 0 spiro atoms. The first-order valence-electron chi connectivity index (χ1n) is 6.30. The second kappa shape index (κ2) is 6.96. The quantitative estimate of drug-likeness (QED) is 0.707. The number of amides is 2. The number of carboxylic acid groups (broad SMARTS) is 1. The molecular formula is C12H20N2O5. The largest absolute Gasteiger partial charge is 0.481 e. The third-order valence-corrected chi connectivity index (χ3v) is 3.00. The van der Waals surface area contributed by atoms with Gasteiger partial charge >= 0.3 is 18.0 Å². The zero-order valence-electron chi connectivity index (χ0n) is 11.3. The van der Waals surface area contributed by atoms with Crippen LogP contribution < -0.4 is 0 Å². The van der Waals surface area contributed by atoms with Gasteiger partial charge in [-0.15, -0.1) is 0 Å². The van der Waals surface area contributed by atoms with E-state index in [1.165, 1.54) is 12.0 Å². The molecule has 2 amide bonds. The lowest BCUT2D eigenvalue weighted by molar-refractivity contribution is -0.141. The molecule has 0 aromatic carbocycles. The number of carbonyl (C=O) groups excluding carboxylic acids is 2. The summed E-state index contributed by atoms with van der Waals surface area (Å²) in [7, 11) is 1.28. The standard InChI is InChI=1S/C12H20N2O5/c1-3-4-13(8-11(17)19-2)12(18)14-6-9(7-14)5-10(15)16/h9H,3-8H2,1-2H3,(H,15,16). The van der Waals surface area contributed by atoms with Crippen LogP contribution >= 0.6 is 0 Å². The zero-order chi connectivity index (χ0) is 14.4. The Balaban J connectivity index is 2.45. The van der Waals surface area contributed by atoms with Crippen molar-refractivity contribution in [3.63, 3.8) is 0 Å². The minimum atomic E-state index is -0.850. The number of carboxylic acids is 1. The molecule has 1 heterocycles. The Kier molecular flexibility index (Phi) is 5.59. The average molecular weight is 272 g/mol. The van der Waals surface area contributed by atoms with Crippen LogP contribution in [0.3, 0.4) is 0 Å². The van der Waals surface area contributed by atoms with E-state index >= 15 is 0 Å². The summed E-state index contributed by atoms with van der Waals surface area (Å²) in [6.45, 7) is 3.21. The van der Waals surface area contributed by atoms with Crippen LogP contribution in [0.2, 0.25) is 0 Å². The van der Waals surface area contributed by atoms with Gasteiger partial charge in [0, 0.05) is 25.6 Å². The predicted octanol–water partition coefficient (Wildman–Crippen LogP) is 0.398. The molecule has 0 radical (unpaired) electrons. The van der Waals surface area contributed by atoms with Gasteiger partial charge in [0.2, 0.25) is 0 Å². The third-order valence-electron chi connectivity index (χ3n) is 3.00. The molecule has 0 aliphatic carbocycles. The van der Waals surface area contributed by atoms with Crippen LogP contribution in [0.25, 0.3) is 0 Å². The van der Waals surface area contributed by atoms with E-state index in [1.54, 1.807) is 4.90 Å². The van der Waals surface area contributed by atoms with Gasteiger partial charge in [-0.2, -0.15) is 0 Å². The van der Waals surface area contributed by atoms with E-state index in [0.29, 0.717) is 19.6 Å². The Labute approximate surface area is 112 Å². The fourth-order valence-electron chi connectivity index (χ4n) is 2.03. The number of aliphatic carboxylic acids is 1. The number of hydrogen-bond donors (Lipinski definition) is 1. The molecule has 1 N–H and O–H groups in total. The summed E-state index contributed by atoms with van der Waals surface area (Å²) < 4.78 is 4.55. The second-order valence-electron chi connectivity index (χ2n) is 4.65. The van der Waals surface area contributed by atoms with Gasteiger partial charge in [-0.3, -0.25) is 9.59 Å². The predicted molar refractivity (Wildman–Crippen MR) is 66.6 cm³/mol. The molecule has 0 aromatic heterocycles. The van der Waals surface area contributed by atoms with E-state index in [0.717, 1.165) is 6.42 Å². The highest BCUT2D eigenvalue weighted by Gasteiger charge is 2.34. The van der Waals surface area contributed by atoms with E-state index in [9.17, 15) is 14.4 Å². The van der Waals surface area contributed by atoms with Gasteiger partial charge in [0.15, 0.2) is 0 Å². The number of hydrogen-bond acceptors (Lipinski definition) is 4. The Bertz CT molecular complexity index is 352. The number of nitrogens with zero attached hydrogens (tertiary/aromatic N) is 2. The van der Waals surface area contributed by atoms with Crippen LogP contribution in [0.15, 0.2) is 0 Å². The smallest absolute Gasteiger partial charge is 0.325 e. The summed E-state index contributed by atoms with van der Waals surface area (Å²) in [5.74, 6) is -1.29. The molecule has 7 nitrogen and oxygen atoms in total. The van der Waals surface area contributed by atoms with Crippen LogP contribution in [0, 0.1) is 5.92 Å². The van der Waals surface area contributed by atoms with Crippen molar-refractivity contribution < 1.29 is 24.2 Å². The molecular weight excluding hydrogens is 252 g/mol. The number of esters is 1. The van der Waals surface area contributed by atoms with Gasteiger partial charge in [0.1, 0.15) is 6.54 Å². The van der Waals surface area contributed by atoms with E-state index < -0.39 is 11.9 Å². The summed E-state index contributed by atoms with van der Waals surface area (Å²) in [4.78, 5) is 36.8. The molecule has 1 aliphatic heterocycles. The Morgan fingerprint density at radius 3 is 2.47 bits per heavy atom. The van der Waals surface area contributed by atoms with Crippen LogP contribution in [0.5, 0.6) is 0 Å². The fourth-order valence-corrected chi connectivity index (χ4v) is 2.03. The van der Waals surface area contributed by atoms with Crippen molar-refractivity contribution in [3.8, 4) is 0 Å². The highest BCUT2D eigenvalue weighted by atomic mass is 16.5. The first-order chi connectivity index (χ1) is 8.97. The minimum Gasteiger partial charge on any atom is -0.481 e. The molecule has 1 saturated heterocycles. The van der Waals surface area contributed by atoms with Crippen molar-refractivity contribution in [3.05, 3.63) is 0 Å². The molecule has 19 heavy (non-hydrogen) atoms. The lowest BCUT2D eigenvalue weighted by atomic mass is 9.97. The topological polar surface area (TPSA) is 87.2 Å². The lowest BCUT2D eigenvalue weighted by Gasteiger charge is -2.41. The Hall–Kier alpha value is -1.79. The molecule has 0 bridgehead atoms. The van der Waals surface area contributed by atoms with Crippen molar-refractivity contribution in [2.24, 2.45) is 5.92 Å². The van der Waals surface area contributed by atoms with E-state index in [4.69, 9.17) is 5.11 Å². The van der Waals surface area contributed by atoms with Gasteiger partial charge in [-0.25, -0.2) is 4.79 Å². The van der Waals surface area contributed by atoms with Crippen molar-refractivity contribution in [1.29, 1.82) is 0 Å². The first-order valence-corrected chi connectivity index (χ1v) is 6.30. The maximum Gasteiger partial charge on any atom is 0.325 e. The van der Waals surface area contributed by atoms with Crippen molar-refractivity contribution >= 4 is 18.0 Å². The minimum absolute atomic E-state index is 0.0167. The molecule has 1 fully saturated rings. The number of urea groups is 1. The third kappa shape index (κ3) is 4.42. The van der Waals surface area contributed by atoms with Crippen molar-refractivity contribution in [2.75, 3.05) is 33.3 Å². The van der Waals surface area contributed by atoms with Crippen LogP contribution in [0.4, 0.5) is 4.79 Å². The molecule has 0 saturated carbocycles. The van der Waals surface area contributed by atoms with Crippen molar-refractivity contribution in [1.82, 2.24) is 9.80 Å². The normalized spacial score (nSPS) is 14.7. The molecule has 0 unspecified atom stereocenters. The summed E-state index contributed by atoms with van der Waals surface area (Å²) in [6, 6.07) is -0.228. The number of methoxy groups -OCH3 is 1. The van der Waals surface area contributed by atoms with Gasteiger partial charge in [-0.1, -0.05) is 6.92 Å². The average Bonchev–Trinajstić information content (AvgIpc) is 2.31. The van der Waals surface area contributed by atoms with Gasteiger partial charge in [-0.05, 0) is 6.42 Å². The van der Waals surface area contributed by atoms with Gasteiger partial charge in [0.05, 0.1) is 13.5 Å². The molecule has 0 atom stereocenters. The highest BCUT2D eigenvalue weighted by Crippen LogP contribution is 2.20. The van der Waals surface area contributed by atoms with Crippen LogP contribution in [-0.2, 0) is 14.3 Å². The van der Waals surface area contributed by atoms with Gasteiger partial charge < -0.3 is 19.6 Å². The van der Waals surface area contributed by atoms with E-state index in [1.807, 2.05) is 6.92 Å². The maximum atomic E-state index is 12.1. The molecule has 1 aliphatic rings. The van der Waals surface area contributed by atoms with Gasteiger partial charge in [0.25, 0.3) is 0 Å². The van der Waals surface area contributed by atoms with Crippen LogP contribution in [-0.4, -0.2) is 66.2 Å². The SMILES string of the molecule is CCCN(CC(=O)OC)C(=O)N1CC(CC(=O)O)C1. The highest BCUT2D eigenvalue weighted by molar-refractivity contribution is 5.81. The first kappa shape index (κ1) is 15.3. The second-order valence-corrected chi connectivity index (χ2v) is 4.65. The molecule has 0 aromatic rings. The zero-order valence-corrected chi connectivity index (χ0v) is 11.3. The summed E-state index contributed by atoms with van der Waals surface area (Å²) in [5.41, 5.74) is 0. The summed E-state index contributed by atoms with van der Waals surface area (Å²) in [6.07, 6.45) is 0.823. The monoisotopic (exact) mass is 272 g/mol. The Morgan fingerprint density at radius 1 is 1.37 bits per heavy atom. The summed E-state index contributed by atoms with van der Waals surface area (Å²) in [5, 5.41) is 8.64. The van der Waals surface area contributed by atoms with Crippen molar-refractivity contribution in [2.45, 2.75) is 19.8 Å². The fraction of sp³-hybridized carbons (Fsp3) is 0.750. The number of likely N-dealkylation sites (tertiary alicyclic amines) is 1. The molecule has 108 valence electrons. The molecule has 1 rings (SSSR count). The van der Waals surface area contributed by atoms with E-state index in [-0.39, 0.29) is 24.9 Å².